The van der Waals surface area contributed by atoms with Gasteiger partial charge < -0.3 is 10.2 Å². The fourth-order valence-corrected chi connectivity index (χ4v) is 6.94. The van der Waals surface area contributed by atoms with Crippen molar-refractivity contribution in [3.63, 3.8) is 0 Å². The zero-order chi connectivity index (χ0) is 21.9. The molecular formula is C25H37F3N2O. The highest BCUT2D eigenvalue weighted by molar-refractivity contribution is 5.75. The second kappa shape index (κ2) is 9.58. The van der Waals surface area contributed by atoms with E-state index in [9.17, 15) is 18.0 Å². The van der Waals surface area contributed by atoms with Crippen molar-refractivity contribution < 1.29 is 18.0 Å². The van der Waals surface area contributed by atoms with E-state index in [-0.39, 0.29) is 12.5 Å². The molecule has 0 saturated heterocycles. The van der Waals surface area contributed by atoms with Gasteiger partial charge in [0.15, 0.2) is 0 Å². The number of hydrogen-bond donors (Lipinski definition) is 1. The number of carbonyl (C=O) groups excluding carboxylic acids is 1. The fourth-order valence-electron chi connectivity index (χ4n) is 6.94. The lowest BCUT2D eigenvalue weighted by atomic mass is 9.49. The van der Waals surface area contributed by atoms with Gasteiger partial charge in [-0.05, 0) is 105 Å². The number of carbonyl (C=O) groups is 1. The third kappa shape index (κ3) is 6.52. The summed E-state index contributed by atoms with van der Waals surface area (Å²) in [5.74, 6) is 2.76. The molecule has 174 valence electrons. The molecule has 1 heterocycles. The average Bonchev–Trinajstić information content (AvgIpc) is 2.69. The van der Waals surface area contributed by atoms with Crippen LogP contribution in [0.5, 0.6) is 0 Å². The molecule has 4 fully saturated rings. The van der Waals surface area contributed by atoms with Crippen molar-refractivity contribution in [2.24, 2.45) is 23.2 Å². The zero-order valence-corrected chi connectivity index (χ0v) is 18.6. The number of alkyl halides is 3. The highest BCUT2D eigenvalue weighted by Crippen LogP contribution is 2.61. The predicted octanol–water partition coefficient (Wildman–Crippen LogP) is 5.98. The molecule has 5 rings (SSSR count). The number of halogens is 3. The van der Waals surface area contributed by atoms with Crippen molar-refractivity contribution in [1.82, 2.24) is 10.2 Å². The Balaban J connectivity index is 1.09. The van der Waals surface area contributed by atoms with Gasteiger partial charge in [0.1, 0.15) is 0 Å². The molecule has 0 spiro atoms. The summed E-state index contributed by atoms with van der Waals surface area (Å²) in [4.78, 5) is 14.1. The average molecular weight is 439 g/mol. The van der Waals surface area contributed by atoms with Crippen LogP contribution in [0.1, 0.15) is 77.0 Å². The minimum Gasteiger partial charge on any atom is -0.374 e. The SMILES string of the molecule is O=C(CCCCC1=CCN(CCC23CC4CC(CC(C4)C2)C3)C=C1)NCCC(F)(F)F. The molecule has 0 atom stereocenters. The van der Waals surface area contributed by atoms with Crippen molar-refractivity contribution in [3.05, 3.63) is 23.9 Å². The number of amides is 1. The molecule has 1 aliphatic heterocycles. The summed E-state index contributed by atoms with van der Waals surface area (Å²) in [7, 11) is 0. The largest absolute Gasteiger partial charge is 0.390 e. The zero-order valence-electron chi connectivity index (χ0n) is 18.6. The maximum atomic E-state index is 12.1. The number of rotatable bonds is 10. The lowest BCUT2D eigenvalue weighted by Gasteiger charge is -2.57. The van der Waals surface area contributed by atoms with Gasteiger partial charge in [0.2, 0.25) is 5.91 Å². The summed E-state index contributed by atoms with van der Waals surface area (Å²) < 4.78 is 36.3. The van der Waals surface area contributed by atoms with Crippen LogP contribution in [0.4, 0.5) is 13.2 Å². The van der Waals surface area contributed by atoms with E-state index in [0.29, 0.717) is 18.3 Å². The smallest absolute Gasteiger partial charge is 0.374 e. The van der Waals surface area contributed by atoms with E-state index in [1.54, 1.807) is 0 Å². The summed E-state index contributed by atoms with van der Waals surface area (Å²) in [5, 5.41) is 2.35. The van der Waals surface area contributed by atoms with Gasteiger partial charge in [-0.25, -0.2) is 0 Å². The quantitative estimate of drug-likeness (QED) is 0.426. The van der Waals surface area contributed by atoms with E-state index in [1.165, 1.54) is 50.5 Å². The fraction of sp³-hybridized carbons (Fsp3) is 0.800. The summed E-state index contributed by atoms with van der Waals surface area (Å²) in [6, 6.07) is 0. The monoisotopic (exact) mass is 438 g/mol. The summed E-state index contributed by atoms with van der Waals surface area (Å²) in [6.45, 7) is 1.80. The standard InChI is InChI=1S/C25H37F3N2O/c26-25(27,28)7-9-29-23(31)4-2-1-3-19-5-10-30(11-6-19)12-8-24-16-20-13-21(17-24)15-22(14-20)18-24/h5-6,10,20-22H,1-4,7-9,11-18H2,(H,29,31). The Bertz CT molecular complexity index is 662. The Hall–Kier alpha value is -1.46. The van der Waals surface area contributed by atoms with Gasteiger partial charge in [-0.15, -0.1) is 0 Å². The lowest BCUT2D eigenvalue weighted by molar-refractivity contribution is -0.135. The van der Waals surface area contributed by atoms with Crippen molar-refractivity contribution in [1.29, 1.82) is 0 Å². The molecule has 0 unspecified atom stereocenters. The summed E-state index contributed by atoms with van der Waals surface area (Å²) in [6.07, 6.45) is 14.6. The van der Waals surface area contributed by atoms with E-state index in [0.717, 1.165) is 43.7 Å². The number of nitrogens with zero attached hydrogens (tertiary/aromatic N) is 1. The van der Waals surface area contributed by atoms with Gasteiger partial charge in [0, 0.05) is 26.1 Å². The predicted molar refractivity (Wildman–Crippen MR) is 116 cm³/mol. The first-order chi connectivity index (χ1) is 14.8. The second-order valence-electron chi connectivity index (χ2n) is 10.7. The molecule has 3 nitrogen and oxygen atoms in total. The Kier molecular flexibility index (Phi) is 7.02. The molecule has 5 aliphatic rings. The molecule has 4 saturated carbocycles. The maximum absolute atomic E-state index is 12.1. The maximum Gasteiger partial charge on any atom is 0.390 e. The third-order valence-electron chi connectivity index (χ3n) is 8.03. The van der Waals surface area contributed by atoms with Gasteiger partial charge >= 0.3 is 6.18 Å². The minimum absolute atomic E-state index is 0.284. The minimum atomic E-state index is -4.21. The van der Waals surface area contributed by atoms with Gasteiger partial charge in [-0.3, -0.25) is 4.79 Å². The van der Waals surface area contributed by atoms with Crippen LogP contribution in [0, 0.1) is 23.2 Å². The van der Waals surface area contributed by atoms with Crippen LogP contribution in [0.15, 0.2) is 23.9 Å². The molecule has 0 radical (unpaired) electrons. The Labute approximate surface area is 184 Å². The van der Waals surface area contributed by atoms with Crippen molar-refractivity contribution in [2.75, 3.05) is 19.6 Å². The van der Waals surface area contributed by atoms with Crippen molar-refractivity contribution in [2.45, 2.75) is 83.2 Å². The van der Waals surface area contributed by atoms with E-state index in [1.807, 2.05) is 0 Å². The Morgan fingerprint density at radius 1 is 1.10 bits per heavy atom. The lowest BCUT2D eigenvalue weighted by Crippen LogP contribution is -2.47. The van der Waals surface area contributed by atoms with E-state index < -0.39 is 12.6 Å². The molecule has 0 aromatic carbocycles. The Morgan fingerprint density at radius 2 is 1.77 bits per heavy atom. The number of unbranched alkanes of at least 4 members (excludes halogenated alkanes) is 1. The topological polar surface area (TPSA) is 32.3 Å². The summed E-state index contributed by atoms with van der Waals surface area (Å²) in [5.41, 5.74) is 1.94. The highest BCUT2D eigenvalue weighted by Gasteiger charge is 2.50. The third-order valence-corrected chi connectivity index (χ3v) is 8.03. The van der Waals surface area contributed by atoms with Crippen LogP contribution in [-0.4, -0.2) is 36.6 Å². The first-order valence-corrected chi connectivity index (χ1v) is 12.2. The highest BCUT2D eigenvalue weighted by atomic mass is 19.4. The summed E-state index contributed by atoms with van der Waals surface area (Å²) >= 11 is 0. The van der Waals surface area contributed by atoms with E-state index >= 15 is 0 Å². The van der Waals surface area contributed by atoms with E-state index in [4.69, 9.17) is 0 Å². The number of nitrogens with one attached hydrogen (secondary N) is 1. The van der Waals surface area contributed by atoms with Crippen LogP contribution in [-0.2, 0) is 4.79 Å². The molecule has 0 aromatic heterocycles. The molecule has 6 heteroatoms. The van der Waals surface area contributed by atoms with Crippen LogP contribution < -0.4 is 5.32 Å². The normalized spacial score (nSPS) is 31.8. The van der Waals surface area contributed by atoms with Crippen molar-refractivity contribution >= 4 is 5.91 Å². The van der Waals surface area contributed by atoms with E-state index in [2.05, 4.69) is 28.6 Å². The molecular weight excluding hydrogens is 401 g/mol. The second-order valence-corrected chi connectivity index (χ2v) is 10.7. The molecule has 1 amide bonds. The Morgan fingerprint density at radius 3 is 2.35 bits per heavy atom. The van der Waals surface area contributed by atoms with Crippen LogP contribution in [0.3, 0.4) is 0 Å². The molecule has 0 aromatic rings. The first kappa shape index (κ1) is 22.7. The molecule has 4 aliphatic carbocycles. The first-order valence-electron chi connectivity index (χ1n) is 12.2. The number of hydrogen-bond acceptors (Lipinski definition) is 2. The van der Waals surface area contributed by atoms with Gasteiger partial charge in [0.05, 0.1) is 6.42 Å². The van der Waals surface area contributed by atoms with Crippen molar-refractivity contribution in [3.8, 4) is 0 Å². The van der Waals surface area contributed by atoms with Crippen LogP contribution >= 0.6 is 0 Å². The van der Waals surface area contributed by atoms with Gasteiger partial charge in [0.25, 0.3) is 0 Å². The molecule has 31 heavy (non-hydrogen) atoms. The van der Waals surface area contributed by atoms with Gasteiger partial charge in [-0.2, -0.15) is 13.2 Å². The van der Waals surface area contributed by atoms with Crippen LogP contribution in [0.2, 0.25) is 0 Å². The number of allylic oxidation sites excluding steroid dienone is 2. The van der Waals surface area contributed by atoms with Crippen LogP contribution in [0.25, 0.3) is 0 Å². The molecule has 4 bridgehead atoms. The molecule has 1 N–H and O–H groups in total. The van der Waals surface area contributed by atoms with Gasteiger partial charge in [-0.1, -0.05) is 6.08 Å².